The number of likely N-dealkylation sites (N-methyl/N-ethyl adjacent to an activating group) is 1. The van der Waals surface area contributed by atoms with Crippen LogP contribution in [0.5, 0.6) is 5.75 Å². The lowest BCUT2D eigenvalue weighted by Crippen LogP contribution is -2.54. The van der Waals surface area contributed by atoms with Crippen LogP contribution in [-0.2, 0) is 19.6 Å². The second-order valence-electron chi connectivity index (χ2n) is 10.3. The van der Waals surface area contributed by atoms with E-state index in [0.717, 1.165) is 5.56 Å². The van der Waals surface area contributed by atoms with E-state index >= 15 is 0 Å². The molecule has 0 unspecified atom stereocenters. The van der Waals surface area contributed by atoms with Crippen LogP contribution in [0.1, 0.15) is 48.1 Å². The topological polar surface area (TPSA) is 114 Å². The quantitative estimate of drug-likeness (QED) is 0.405. The van der Waals surface area contributed by atoms with Crippen molar-refractivity contribution in [2.75, 3.05) is 18.4 Å². The number of sulfonamides is 1. The third-order valence-electron chi connectivity index (χ3n) is 7.48. The fourth-order valence-electron chi connectivity index (χ4n) is 5.25. The van der Waals surface area contributed by atoms with E-state index in [9.17, 15) is 18.0 Å². The minimum Gasteiger partial charge on any atom is -0.490 e. The second kappa shape index (κ2) is 12.1. The third-order valence-corrected chi connectivity index (χ3v) is 9.13. The largest absolute Gasteiger partial charge is 0.490 e. The Morgan fingerprint density at radius 3 is 2.54 bits per heavy atom. The molecule has 11 heteroatoms. The molecular weight excluding hydrogens is 566 g/mol. The molecule has 0 aromatic heterocycles. The molecule has 4 atom stereocenters. The Bertz CT molecular complexity index is 1520. The highest BCUT2D eigenvalue weighted by Crippen LogP contribution is 2.33. The summed E-state index contributed by atoms with van der Waals surface area (Å²) < 4.78 is 40.5. The van der Waals surface area contributed by atoms with E-state index < -0.39 is 16.1 Å². The number of fused-ring (bicyclic) bond motifs is 2. The molecule has 2 aliphatic heterocycles. The Morgan fingerprint density at radius 1 is 1.07 bits per heavy atom. The summed E-state index contributed by atoms with van der Waals surface area (Å²) in [4.78, 5) is 27.9. The van der Waals surface area contributed by atoms with E-state index in [1.165, 1.54) is 30.3 Å². The number of carbonyl (C=O) groups excluding carboxylic acids is 2. The molecule has 5 rings (SSSR count). The lowest BCUT2D eigenvalue weighted by molar-refractivity contribution is -0.134. The zero-order valence-electron chi connectivity index (χ0n) is 22.7. The van der Waals surface area contributed by atoms with Gasteiger partial charge in [0, 0.05) is 17.8 Å². The molecule has 216 valence electrons. The van der Waals surface area contributed by atoms with E-state index in [2.05, 4.69) is 10.0 Å². The molecule has 2 heterocycles. The molecule has 0 spiro atoms. The molecule has 2 amide bonds. The van der Waals surface area contributed by atoms with Crippen molar-refractivity contribution in [1.29, 1.82) is 0 Å². The van der Waals surface area contributed by atoms with Gasteiger partial charge in [0.05, 0.1) is 35.1 Å². The molecule has 0 aliphatic carbocycles. The molecule has 0 saturated carbocycles. The second-order valence-corrected chi connectivity index (χ2v) is 12.5. The van der Waals surface area contributed by atoms with Crippen LogP contribution in [0.15, 0.2) is 77.7 Å². The monoisotopic (exact) mass is 597 g/mol. The van der Waals surface area contributed by atoms with Crippen LogP contribution in [0.3, 0.4) is 0 Å². The number of nitrogens with one attached hydrogen (secondary N) is 2. The number of carbonyl (C=O) groups is 2. The summed E-state index contributed by atoms with van der Waals surface area (Å²) in [6.07, 6.45) is 0.750. The zero-order chi connectivity index (χ0) is 29.1. The van der Waals surface area contributed by atoms with E-state index in [1.807, 2.05) is 37.3 Å². The Balaban J connectivity index is 1.25. The molecule has 9 nitrogen and oxygen atoms in total. The first-order valence-electron chi connectivity index (χ1n) is 13.4. The predicted octanol–water partition coefficient (Wildman–Crippen LogP) is 4.79. The summed E-state index contributed by atoms with van der Waals surface area (Å²) in [7, 11) is -2.18. The van der Waals surface area contributed by atoms with Crippen molar-refractivity contribution < 1.29 is 27.5 Å². The van der Waals surface area contributed by atoms with Crippen LogP contribution >= 0.6 is 11.6 Å². The fourth-order valence-corrected chi connectivity index (χ4v) is 6.43. The number of anilines is 1. The van der Waals surface area contributed by atoms with Crippen LogP contribution in [0, 0.1) is 0 Å². The minimum absolute atomic E-state index is 0.0493. The average molecular weight is 598 g/mol. The van der Waals surface area contributed by atoms with Crippen molar-refractivity contribution in [3.8, 4) is 5.75 Å². The Morgan fingerprint density at radius 2 is 1.80 bits per heavy atom. The number of benzene rings is 3. The van der Waals surface area contributed by atoms with Gasteiger partial charge in [-0.2, -0.15) is 0 Å². The van der Waals surface area contributed by atoms with Crippen LogP contribution in [-0.4, -0.2) is 57.0 Å². The summed E-state index contributed by atoms with van der Waals surface area (Å²) in [6.45, 7) is 2.13. The maximum Gasteiger partial charge on any atom is 0.261 e. The summed E-state index contributed by atoms with van der Waals surface area (Å²) >= 11 is 5.88. The first-order valence-corrected chi connectivity index (χ1v) is 15.3. The average Bonchev–Trinajstić information content (AvgIpc) is 2.95. The highest BCUT2D eigenvalue weighted by Gasteiger charge is 2.39. The van der Waals surface area contributed by atoms with Gasteiger partial charge >= 0.3 is 0 Å². The lowest BCUT2D eigenvalue weighted by atomic mass is 9.94. The maximum atomic E-state index is 13.5. The highest BCUT2D eigenvalue weighted by molar-refractivity contribution is 7.92. The SMILES string of the molecule is C[C@H](NC(=O)C[C@H]1CC[C@H]2[C@@H](COc3ccc(NS(=O)(=O)c4ccc(Cl)cc4)cc3C(=O)N2C)O1)c1ccccc1. The first-order chi connectivity index (χ1) is 19.6. The summed E-state index contributed by atoms with van der Waals surface area (Å²) in [5.74, 6) is -0.0754. The summed E-state index contributed by atoms with van der Waals surface area (Å²) in [5, 5.41) is 3.46. The van der Waals surface area contributed by atoms with Gasteiger partial charge in [0.25, 0.3) is 15.9 Å². The van der Waals surface area contributed by atoms with E-state index in [4.69, 9.17) is 21.1 Å². The van der Waals surface area contributed by atoms with Crippen molar-refractivity contribution in [2.45, 2.75) is 55.4 Å². The van der Waals surface area contributed by atoms with Crippen molar-refractivity contribution in [2.24, 2.45) is 0 Å². The standard InChI is InChI=1S/C30H32ClN3O6S/c1-19(20-6-4-3-5-7-20)32-29(35)17-23-11-14-26-28(40-23)18-39-27-15-10-22(16-25(27)30(36)34(26)2)33-41(37,38)24-12-8-21(31)9-13-24/h3-10,12-13,15-16,19,23,26,28,33H,11,14,17-18H2,1-2H3,(H,32,35)/t19-,23+,26-,28+/m0/s1. The first kappa shape index (κ1) is 28.9. The van der Waals surface area contributed by atoms with Crippen molar-refractivity contribution >= 4 is 39.1 Å². The van der Waals surface area contributed by atoms with Crippen molar-refractivity contribution in [1.82, 2.24) is 10.2 Å². The maximum absolute atomic E-state index is 13.5. The molecular formula is C30H32ClN3O6S. The Kier molecular flexibility index (Phi) is 8.53. The zero-order valence-corrected chi connectivity index (χ0v) is 24.3. The third kappa shape index (κ3) is 6.66. The Hall–Kier alpha value is -3.60. The molecule has 41 heavy (non-hydrogen) atoms. The van der Waals surface area contributed by atoms with E-state index in [-0.39, 0.29) is 59.2 Å². The highest BCUT2D eigenvalue weighted by atomic mass is 35.5. The summed E-state index contributed by atoms with van der Waals surface area (Å²) in [6, 6.07) is 19.8. The molecule has 1 saturated heterocycles. The smallest absolute Gasteiger partial charge is 0.261 e. The van der Waals surface area contributed by atoms with Gasteiger partial charge in [0.1, 0.15) is 18.5 Å². The Labute approximate surface area is 244 Å². The van der Waals surface area contributed by atoms with Gasteiger partial charge in [-0.1, -0.05) is 41.9 Å². The van der Waals surface area contributed by atoms with Crippen LogP contribution in [0.4, 0.5) is 5.69 Å². The molecule has 2 aliphatic rings. The van der Waals surface area contributed by atoms with Crippen molar-refractivity contribution in [3.05, 3.63) is 88.9 Å². The number of amides is 2. The van der Waals surface area contributed by atoms with Gasteiger partial charge in [0.15, 0.2) is 0 Å². The lowest BCUT2D eigenvalue weighted by Gasteiger charge is -2.42. The van der Waals surface area contributed by atoms with E-state index in [0.29, 0.717) is 23.6 Å². The number of ether oxygens (including phenoxy) is 2. The molecule has 0 radical (unpaired) electrons. The number of halogens is 1. The number of nitrogens with zero attached hydrogens (tertiary/aromatic N) is 1. The minimum atomic E-state index is -3.89. The molecule has 1 fully saturated rings. The normalized spacial score (nSPS) is 21.4. The van der Waals surface area contributed by atoms with Crippen LogP contribution < -0.4 is 14.8 Å². The molecule has 0 bridgehead atoms. The van der Waals surface area contributed by atoms with Crippen LogP contribution in [0.25, 0.3) is 0 Å². The number of hydrogen-bond donors (Lipinski definition) is 2. The van der Waals surface area contributed by atoms with Crippen molar-refractivity contribution in [3.63, 3.8) is 0 Å². The fraction of sp³-hybridized carbons (Fsp3) is 0.333. The van der Waals surface area contributed by atoms with Gasteiger partial charge < -0.3 is 19.7 Å². The summed E-state index contributed by atoms with van der Waals surface area (Å²) in [5.41, 5.74) is 1.51. The molecule has 3 aromatic rings. The number of hydrogen-bond acceptors (Lipinski definition) is 6. The predicted molar refractivity (Wildman–Crippen MR) is 156 cm³/mol. The number of rotatable bonds is 7. The van der Waals surface area contributed by atoms with Gasteiger partial charge in [-0.3, -0.25) is 14.3 Å². The van der Waals surface area contributed by atoms with Gasteiger partial charge in [-0.05, 0) is 67.8 Å². The molecule has 2 N–H and O–H groups in total. The van der Waals surface area contributed by atoms with E-state index in [1.54, 1.807) is 24.1 Å². The molecule has 3 aromatic carbocycles. The van der Waals surface area contributed by atoms with Gasteiger partial charge in [0.2, 0.25) is 5.91 Å². The van der Waals surface area contributed by atoms with Gasteiger partial charge in [-0.15, -0.1) is 0 Å². The van der Waals surface area contributed by atoms with Crippen LogP contribution in [0.2, 0.25) is 5.02 Å². The van der Waals surface area contributed by atoms with Gasteiger partial charge in [-0.25, -0.2) is 8.42 Å².